The molecule has 2 heterocycles. The summed E-state index contributed by atoms with van der Waals surface area (Å²) in [6.07, 6.45) is 1.93. The molecule has 0 aromatic heterocycles. The van der Waals surface area contributed by atoms with Gasteiger partial charge in [0, 0.05) is 31.1 Å². The van der Waals surface area contributed by atoms with Gasteiger partial charge in [0.15, 0.2) is 0 Å². The van der Waals surface area contributed by atoms with Crippen molar-refractivity contribution in [2.45, 2.75) is 38.3 Å². The Morgan fingerprint density at radius 3 is 2.88 bits per heavy atom. The second-order valence-electron chi connectivity index (χ2n) is 6.50. The Labute approximate surface area is 139 Å². The lowest BCUT2D eigenvalue weighted by Crippen LogP contribution is -2.53. The largest absolute Gasteiger partial charge is 0.352 e. The Hall–Kier alpha value is -2.02. The third kappa shape index (κ3) is 3.40. The number of nitrogens with one attached hydrogen (secondary N) is 2. The summed E-state index contributed by atoms with van der Waals surface area (Å²) in [5.41, 5.74) is 0.0180. The third-order valence-corrected chi connectivity index (χ3v) is 4.79. The number of nitrogens with zero attached hydrogens (tertiary/aromatic N) is 1. The summed E-state index contributed by atoms with van der Waals surface area (Å²) >= 11 is 0. The van der Waals surface area contributed by atoms with Crippen molar-refractivity contribution >= 4 is 17.5 Å². The Morgan fingerprint density at radius 2 is 2.17 bits per heavy atom. The van der Waals surface area contributed by atoms with Gasteiger partial charge in [-0.15, -0.1) is 0 Å². The summed E-state index contributed by atoms with van der Waals surface area (Å²) < 4.78 is 26.9. The van der Waals surface area contributed by atoms with E-state index in [-0.39, 0.29) is 42.6 Å². The first-order chi connectivity index (χ1) is 11.5. The summed E-state index contributed by atoms with van der Waals surface area (Å²) in [7, 11) is 0. The number of piperidine rings is 1. The second kappa shape index (κ2) is 6.84. The van der Waals surface area contributed by atoms with E-state index in [9.17, 15) is 18.4 Å². The van der Waals surface area contributed by atoms with Crippen LogP contribution in [0.3, 0.4) is 0 Å². The molecule has 0 radical (unpaired) electrons. The van der Waals surface area contributed by atoms with Crippen LogP contribution in [0.2, 0.25) is 0 Å². The van der Waals surface area contributed by atoms with Crippen LogP contribution in [-0.2, 0) is 9.59 Å². The highest BCUT2D eigenvalue weighted by Gasteiger charge is 2.37. The minimum absolute atomic E-state index is 0.0180. The van der Waals surface area contributed by atoms with E-state index in [2.05, 4.69) is 10.6 Å². The number of anilines is 1. The molecule has 130 valence electrons. The predicted molar refractivity (Wildman–Crippen MR) is 85.4 cm³/mol. The Balaban J connectivity index is 1.66. The molecule has 5 nitrogen and oxygen atoms in total. The first-order valence-corrected chi connectivity index (χ1v) is 8.25. The molecule has 1 aromatic carbocycles. The van der Waals surface area contributed by atoms with Gasteiger partial charge in [-0.1, -0.05) is 0 Å². The molecule has 7 heteroatoms. The average Bonchev–Trinajstić information content (AvgIpc) is 2.91. The van der Waals surface area contributed by atoms with E-state index in [1.807, 2.05) is 6.92 Å². The maximum absolute atomic E-state index is 13.9. The van der Waals surface area contributed by atoms with Gasteiger partial charge in [0.05, 0.1) is 11.6 Å². The van der Waals surface area contributed by atoms with Crippen molar-refractivity contribution in [3.8, 4) is 0 Å². The van der Waals surface area contributed by atoms with E-state index in [0.29, 0.717) is 0 Å². The van der Waals surface area contributed by atoms with Gasteiger partial charge < -0.3 is 15.5 Å². The summed E-state index contributed by atoms with van der Waals surface area (Å²) in [5, 5.41) is 6.30. The smallest absolute Gasteiger partial charge is 0.227 e. The van der Waals surface area contributed by atoms with Crippen molar-refractivity contribution in [1.82, 2.24) is 10.6 Å². The van der Waals surface area contributed by atoms with Gasteiger partial charge in [-0.2, -0.15) is 0 Å². The fourth-order valence-electron chi connectivity index (χ4n) is 3.36. The topological polar surface area (TPSA) is 61.4 Å². The first-order valence-electron chi connectivity index (χ1n) is 8.25. The van der Waals surface area contributed by atoms with Crippen LogP contribution in [-0.4, -0.2) is 37.0 Å². The predicted octanol–water partition coefficient (Wildman–Crippen LogP) is 1.57. The van der Waals surface area contributed by atoms with Gasteiger partial charge in [0.2, 0.25) is 11.8 Å². The van der Waals surface area contributed by atoms with E-state index in [4.69, 9.17) is 0 Å². The normalized spacial score (nSPS) is 27.4. The molecule has 2 saturated heterocycles. The second-order valence-corrected chi connectivity index (χ2v) is 6.50. The maximum Gasteiger partial charge on any atom is 0.227 e. The third-order valence-electron chi connectivity index (χ3n) is 4.79. The summed E-state index contributed by atoms with van der Waals surface area (Å²) in [6.45, 7) is 3.07. The van der Waals surface area contributed by atoms with Crippen molar-refractivity contribution in [3.05, 3.63) is 29.8 Å². The quantitative estimate of drug-likeness (QED) is 0.880. The SMILES string of the molecule is CC1NCCCC1NC(=O)C1CC(=O)N(c2ccc(F)cc2F)C1. The number of carbonyl (C=O) groups is 2. The number of amides is 2. The van der Waals surface area contributed by atoms with E-state index < -0.39 is 17.6 Å². The highest BCUT2D eigenvalue weighted by molar-refractivity contribution is 6.00. The molecule has 3 rings (SSSR count). The minimum Gasteiger partial charge on any atom is -0.352 e. The number of carbonyl (C=O) groups excluding carboxylic acids is 2. The van der Waals surface area contributed by atoms with E-state index >= 15 is 0 Å². The lowest BCUT2D eigenvalue weighted by atomic mass is 9.98. The van der Waals surface area contributed by atoms with Gasteiger partial charge in [-0.05, 0) is 38.4 Å². The molecule has 2 fully saturated rings. The molecular formula is C17H21F2N3O2. The fraction of sp³-hybridized carbons (Fsp3) is 0.529. The van der Waals surface area contributed by atoms with Crippen LogP contribution in [0.15, 0.2) is 18.2 Å². The van der Waals surface area contributed by atoms with Crippen LogP contribution in [0, 0.1) is 17.6 Å². The van der Waals surface area contributed by atoms with Crippen LogP contribution >= 0.6 is 0 Å². The van der Waals surface area contributed by atoms with Crippen LogP contribution < -0.4 is 15.5 Å². The molecule has 3 atom stereocenters. The molecule has 24 heavy (non-hydrogen) atoms. The first kappa shape index (κ1) is 16.8. The molecular weight excluding hydrogens is 316 g/mol. The van der Waals surface area contributed by atoms with Gasteiger partial charge in [-0.25, -0.2) is 8.78 Å². The molecule has 1 aromatic rings. The van der Waals surface area contributed by atoms with Crippen molar-refractivity contribution < 1.29 is 18.4 Å². The fourth-order valence-corrected chi connectivity index (χ4v) is 3.36. The highest BCUT2D eigenvalue weighted by Crippen LogP contribution is 2.28. The molecule has 2 amide bonds. The van der Waals surface area contributed by atoms with Gasteiger partial charge in [-0.3, -0.25) is 9.59 Å². The molecule has 2 aliphatic rings. The van der Waals surface area contributed by atoms with Crippen molar-refractivity contribution in [2.75, 3.05) is 18.0 Å². The molecule has 3 unspecified atom stereocenters. The summed E-state index contributed by atoms with van der Waals surface area (Å²) in [6, 6.07) is 3.30. The van der Waals surface area contributed by atoms with E-state index in [1.54, 1.807) is 0 Å². The molecule has 0 saturated carbocycles. The standard InChI is InChI=1S/C17H21F2N3O2/c1-10-14(3-2-6-20-10)21-17(24)11-7-16(23)22(9-11)15-5-4-12(18)8-13(15)19/h4-5,8,10-11,14,20H,2-3,6-7,9H2,1H3,(H,21,24). The summed E-state index contributed by atoms with van der Waals surface area (Å²) in [4.78, 5) is 25.8. The number of benzene rings is 1. The number of halogens is 2. The van der Waals surface area contributed by atoms with Crippen LogP contribution in [0.5, 0.6) is 0 Å². The Bertz CT molecular complexity index is 653. The van der Waals surface area contributed by atoms with Gasteiger partial charge >= 0.3 is 0 Å². The highest BCUT2D eigenvalue weighted by atomic mass is 19.1. The zero-order valence-corrected chi connectivity index (χ0v) is 13.5. The van der Waals surface area contributed by atoms with Crippen molar-refractivity contribution in [2.24, 2.45) is 5.92 Å². The minimum atomic E-state index is -0.797. The Kier molecular flexibility index (Phi) is 4.80. The van der Waals surface area contributed by atoms with Crippen molar-refractivity contribution in [3.63, 3.8) is 0 Å². The molecule has 0 bridgehead atoms. The van der Waals surface area contributed by atoms with Gasteiger partial charge in [0.1, 0.15) is 11.6 Å². The lowest BCUT2D eigenvalue weighted by Gasteiger charge is -2.31. The van der Waals surface area contributed by atoms with Gasteiger partial charge in [0.25, 0.3) is 0 Å². The summed E-state index contributed by atoms with van der Waals surface area (Å²) in [5.74, 6) is -2.52. The van der Waals surface area contributed by atoms with Crippen molar-refractivity contribution in [1.29, 1.82) is 0 Å². The average molecular weight is 337 g/mol. The molecule has 2 aliphatic heterocycles. The number of hydrogen-bond acceptors (Lipinski definition) is 3. The monoisotopic (exact) mass is 337 g/mol. The lowest BCUT2D eigenvalue weighted by molar-refractivity contribution is -0.127. The molecule has 0 spiro atoms. The zero-order chi connectivity index (χ0) is 17.3. The molecule has 0 aliphatic carbocycles. The molecule has 2 N–H and O–H groups in total. The number of rotatable bonds is 3. The number of hydrogen-bond donors (Lipinski definition) is 2. The van der Waals surface area contributed by atoms with E-state index in [0.717, 1.165) is 31.5 Å². The van der Waals surface area contributed by atoms with E-state index in [1.165, 1.54) is 11.0 Å². The zero-order valence-electron chi connectivity index (χ0n) is 13.5. The van der Waals surface area contributed by atoms with Crippen LogP contribution in [0.1, 0.15) is 26.2 Å². The van der Waals surface area contributed by atoms with Crippen LogP contribution in [0.25, 0.3) is 0 Å². The van der Waals surface area contributed by atoms with Crippen LogP contribution in [0.4, 0.5) is 14.5 Å². The Morgan fingerprint density at radius 1 is 1.38 bits per heavy atom. The maximum atomic E-state index is 13.9.